The van der Waals surface area contributed by atoms with E-state index in [1.807, 2.05) is 0 Å². The Bertz CT molecular complexity index is 518. The maximum atomic E-state index is 11.6. The van der Waals surface area contributed by atoms with Crippen molar-refractivity contribution in [2.24, 2.45) is 5.10 Å². The molecule has 17 heavy (non-hydrogen) atoms. The number of carbonyl (C=O) groups is 1. The second-order valence-corrected chi connectivity index (χ2v) is 3.36. The van der Waals surface area contributed by atoms with Crippen molar-refractivity contribution in [3.05, 3.63) is 54.2 Å². The van der Waals surface area contributed by atoms with Gasteiger partial charge >= 0.3 is 0 Å². The van der Waals surface area contributed by atoms with Crippen molar-refractivity contribution in [1.29, 1.82) is 0 Å². The van der Waals surface area contributed by atoms with Crippen molar-refractivity contribution in [3.8, 4) is 0 Å². The summed E-state index contributed by atoms with van der Waals surface area (Å²) in [5.74, 6) is 0.320. The number of pyridine rings is 1. The quantitative estimate of drug-likeness (QED) is 0.644. The summed E-state index contributed by atoms with van der Waals surface area (Å²) in [4.78, 5) is 15.5. The van der Waals surface area contributed by atoms with E-state index in [2.05, 4.69) is 15.5 Å². The van der Waals surface area contributed by atoms with Crippen LogP contribution >= 0.6 is 0 Å². The normalized spacial score (nSPS) is 11.2. The second kappa shape index (κ2) is 5.07. The lowest BCUT2D eigenvalue weighted by molar-refractivity contribution is 0.0954. The van der Waals surface area contributed by atoms with Gasteiger partial charge in [0.2, 0.25) is 0 Å². The molecule has 0 aliphatic heterocycles. The fourth-order valence-electron chi connectivity index (χ4n) is 1.24. The SMILES string of the molecule is CC(=NNC(=O)c1cccnc1)c1ccco1. The third kappa shape index (κ3) is 2.78. The third-order valence-electron chi connectivity index (χ3n) is 2.13. The van der Waals surface area contributed by atoms with Crippen LogP contribution in [-0.2, 0) is 0 Å². The molecule has 2 aromatic rings. The lowest BCUT2D eigenvalue weighted by Gasteiger charge is -2.00. The van der Waals surface area contributed by atoms with E-state index in [9.17, 15) is 4.79 Å². The zero-order chi connectivity index (χ0) is 12.1. The average molecular weight is 229 g/mol. The van der Waals surface area contributed by atoms with Crippen LogP contribution in [0.25, 0.3) is 0 Å². The number of furan rings is 1. The highest BCUT2D eigenvalue weighted by molar-refractivity contribution is 5.99. The first-order valence-corrected chi connectivity index (χ1v) is 5.06. The summed E-state index contributed by atoms with van der Waals surface area (Å²) in [5.41, 5.74) is 3.50. The van der Waals surface area contributed by atoms with Crippen LogP contribution in [0.2, 0.25) is 0 Å². The molecule has 0 bridgehead atoms. The molecule has 2 aromatic heterocycles. The van der Waals surface area contributed by atoms with Crippen molar-refractivity contribution in [2.45, 2.75) is 6.92 Å². The van der Waals surface area contributed by atoms with Gasteiger partial charge in [-0.1, -0.05) is 0 Å². The first kappa shape index (κ1) is 11.1. The Labute approximate surface area is 98.2 Å². The second-order valence-electron chi connectivity index (χ2n) is 3.36. The van der Waals surface area contributed by atoms with Crippen molar-refractivity contribution in [3.63, 3.8) is 0 Å². The predicted molar refractivity (Wildman–Crippen MR) is 62.6 cm³/mol. The zero-order valence-electron chi connectivity index (χ0n) is 9.25. The van der Waals surface area contributed by atoms with E-state index in [0.717, 1.165) is 0 Å². The molecule has 0 aliphatic carbocycles. The molecule has 0 aromatic carbocycles. The molecule has 5 nitrogen and oxygen atoms in total. The molecule has 0 spiro atoms. The molecule has 2 rings (SSSR count). The van der Waals surface area contributed by atoms with E-state index in [-0.39, 0.29) is 5.91 Å². The number of hydrogen-bond donors (Lipinski definition) is 1. The number of hydrazone groups is 1. The van der Waals surface area contributed by atoms with E-state index in [1.54, 1.807) is 43.6 Å². The molecular weight excluding hydrogens is 218 g/mol. The van der Waals surface area contributed by atoms with Gasteiger partial charge in [0.15, 0.2) is 0 Å². The van der Waals surface area contributed by atoms with Gasteiger partial charge in [-0.05, 0) is 31.2 Å². The predicted octanol–water partition coefficient (Wildman–Crippen LogP) is 1.83. The number of nitrogens with one attached hydrogen (secondary N) is 1. The van der Waals surface area contributed by atoms with Gasteiger partial charge in [-0.3, -0.25) is 9.78 Å². The first-order chi connectivity index (χ1) is 8.27. The van der Waals surface area contributed by atoms with Crippen molar-refractivity contribution >= 4 is 11.6 Å². The van der Waals surface area contributed by atoms with Gasteiger partial charge in [-0.2, -0.15) is 5.10 Å². The van der Waals surface area contributed by atoms with E-state index < -0.39 is 0 Å². The van der Waals surface area contributed by atoms with Gasteiger partial charge in [0, 0.05) is 12.4 Å². The molecule has 0 radical (unpaired) electrons. The molecule has 0 fully saturated rings. The van der Waals surface area contributed by atoms with Crippen molar-refractivity contribution < 1.29 is 9.21 Å². The Hall–Kier alpha value is -2.43. The van der Waals surface area contributed by atoms with Gasteiger partial charge in [0.25, 0.3) is 5.91 Å². The van der Waals surface area contributed by atoms with Crippen LogP contribution in [0.15, 0.2) is 52.4 Å². The molecule has 0 aliphatic rings. The van der Waals surface area contributed by atoms with Crippen LogP contribution < -0.4 is 5.43 Å². The number of carbonyl (C=O) groups excluding carboxylic acids is 1. The Kier molecular flexibility index (Phi) is 3.30. The minimum absolute atomic E-state index is 0.302. The maximum Gasteiger partial charge on any atom is 0.272 e. The summed E-state index contributed by atoms with van der Waals surface area (Å²) in [6.45, 7) is 1.75. The van der Waals surface area contributed by atoms with Crippen LogP contribution in [0.3, 0.4) is 0 Å². The van der Waals surface area contributed by atoms with E-state index in [4.69, 9.17) is 4.42 Å². The minimum atomic E-state index is -0.302. The topological polar surface area (TPSA) is 67.5 Å². The van der Waals surface area contributed by atoms with Crippen LogP contribution in [-0.4, -0.2) is 16.6 Å². The highest BCUT2D eigenvalue weighted by Gasteiger charge is 2.05. The van der Waals surface area contributed by atoms with Gasteiger partial charge < -0.3 is 4.42 Å². The molecule has 0 atom stereocenters. The zero-order valence-corrected chi connectivity index (χ0v) is 9.25. The highest BCUT2D eigenvalue weighted by atomic mass is 16.3. The van der Waals surface area contributed by atoms with Crippen LogP contribution in [0.5, 0.6) is 0 Å². The van der Waals surface area contributed by atoms with E-state index >= 15 is 0 Å². The molecule has 0 saturated heterocycles. The van der Waals surface area contributed by atoms with Crippen LogP contribution in [0.1, 0.15) is 23.0 Å². The van der Waals surface area contributed by atoms with E-state index in [1.165, 1.54) is 6.20 Å². The fourth-order valence-corrected chi connectivity index (χ4v) is 1.24. The van der Waals surface area contributed by atoms with Crippen molar-refractivity contribution in [2.75, 3.05) is 0 Å². The standard InChI is InChI=1S/C12H11N3O2/c1-9(11-5-3-7-17-11)14-15-12(16)10-4-2-6-13-8-10/h2-8H,1H3,(H,15,16). The van der Waals surface area contributed by atoms with Crippen LogP contribution in [0.4, 0.5) is 0 Å². The molecular formula is C12H11N3O2. The Morgan fingerprint density at radius 3 is 2.94 bits per heavy atom. The summed E-state index contributed by atoms with van der Waals surface area (Å²) in [7, 11) is 0. The summed E-state index contributed by atoms with van der Waals surface area (Å²) in [5, 5.41) is 3.94. The fraction of sp³-hybridized carbons (Fsp3) is 0.0833. The highest BCUT2D eigenvalue weighted by Crippen LogP contribution is 2.01. The summed E-state index contributed by atoms with van der Waals surface area (Å²) in [6, 6.07) is 6.89. The van der Waals surface area contributed by atoms with Gasteiger partial charge in [0.1, 0.15) is 11.5 Å². The largest absolute Gasteiger partial charge is 0.463 e. The lowest BCUT2D eigenvalue weighted by atomic mass is 10.3. The van der Waals surface area contributed by atoms with Gasteiger partial charge in [0.05, 0.1) is 11.8 Å². The van der Waals surface area contributed by atoms with Gasteiger partial charge in [-0.25, -0.2) is 5.43 Å². The molecule has 1 N–H and O–H groups in total. The minimum Gasteiger partial charge on any atom is -0.463 e. The number of nitrogens with zero attached hydrogens (tertiary/aromatic N) is 2. The molecule has 2 heterocycles. The molecule has 0 saturated carbocycles. The molecule has 5 heteroatoms. The van der Waals surface area contributed by atoms with Crippen LogP contribution in [0, 0.1) is 0 Å². The van der Waals surface area contributed by atoms with E-state index in [0.29, 0.717) is 17.0 Å². The number of hydrogen-bond acceptors (Lipinski definition) is 4. The van der Waals surface area contributed by atoms with Crippen molar-refractivity contribution in [1.82, 2.24) is 10.4 Å². The smallest absolute Gasteiger partial charge is 0.272 e. The Balaban J connectivity index is 2.04. The monoisotopic (exact) mass is 229 g/mol. The maximum absolute atomic E-state index is 11.6. The number of aromatic nitrogens is 1. The summed E-state index contributed by atoms with van der Waals surface area (Å²) in [6.07, 6.45) is 4.64. The molecule has 86 valence electrons. The molecule has 1 amide bonds. The summed E-state index contributed by atoms with van der Waals surface area (Å²) < 4.78 is 5.14. The molecule has 0 unspecified atom stereocenters. The number of amides is 1. The third-order valence-corrected chi connectivity index (χ3v) is 2.13. The van der Waals surface area contributed by atoms with Gasteiger partial charge in [-0.15, -0.1) is 0 Å². The summed E-state index contributed by atoms with van der Waals surface area (Å²) >= 11 is 0. The number of rotatable bonds is 3. The Morgan fingerprint density at radius 2 is 2.29 bits per heavy atom. The average Bonchev–Trinajstić information content (AvgIpc) is 2.90. The lowest BCUT2D eigenvalue weighted by Crippen LogP contribution is -2.19. The Morgan fingerprint density at radius 1 is 1.41 bits per heavy atom. The first-order valence-electron chi connectivity index (χ1n) is 5.06.